The summed E-state index contributed by atoms with van der Waals surface area (Å²) >= 11 is 0. The fourth-order valence-electron chi connectivity index (χ4n) is 2.66. The van der Waals surface area contributed by atoms with E-state index in [1.807, 2.05) is 0 Å². The number of ether oxygens (including phenoxy) is 1. The molecule has 1 atom stereocenters. The number of benzene rings is 1. The van der Waals surface area contributed by atoms with Gasteiger partial charge < -0.3 is 4.74 Å². The van der Waals surface area contributed by atoms with Crippen LogP contribution in [0.3, 0.4) is 0 Å². The van der Waals surface area contributed by atoms with Gasteiger partial charge in [-0.05, 0) is 24.6 Å². The molecule has 0 aliphatic carbocycles. The summed E-state index contributed by atoms with van der Waals surface area (Å²) in [5.41, 5.74) is 0.128. The predicted octanol–water partition coefficient (Wildman–Crippen LogP) is 0.671. The zero-order chi connectivity index (χ0) is 17.3. The SMILES string of the molecule is CCN([C@H]1CCS(=O)(=O)C1)S(=O)(=O)c1cccc(C(=O)OC)c1. The lowest BCUT2D eigenvalue weighted by molar-refractivity contribution is 0.0600. The highest BCUT2D eigenvalue weighted by molar-refractivity contribution is 7.92. The van der Waals surface area contributed by atoms with E-state index < -0.39 is 31.9 Å². The second-order valence-electron chi connectivity index (χ2n) is 5.28. The van der Waals surface area contributed by atoms with Gasteiger partial charge in [0.1, 0.15) is 0 Å². The van der Waals surface area contributed by atoms with Crippen LogP contribution in [-0.4, -0.2) is 58.3 Å². The summed E-state index contributed by atoms with van der Waals surface area (Å²) in [7, 11) is -5.87. The van der Waals surface area contributed by atoms with E-state index in [1.165, 1.54) is 35.7 Å². The first-order valence-electron chi connectivity index (χ1n) is 7.12. The molecule has 0 radical (unpaired) electrons. The average Bonchev–Trinajstić information content (AvgIpc) is 2.86. The van der Waals surface area contributed by atoms with Crippen molar-refractivity contribution in [1.29, 1.82) is 0 Å². The lowest BCUT2D eigenvalue weighted by atomic mass is 10.2. The van der Waals surface area contributed by atoms with Gasteiger partial charge in [-0.1, -0.05) is 13.0 Å². The molecule has 0 unspecified atom stereocenters. The van der Waals surface area contributed by atoms with Gasteiger partial charge in [0.25, 0.3) is 0 Å². The molecule has 128 valence electrons. The van der Waals surface area contributed by atoms with E-state index >= 15 is 0 Å². The summed E-state index contributed by atoms with van der Waals surface area (Å²) in [5, 5.41) is 0. The molecule has 0 saturated carbocycles. The van der Waals surface area contributed by atoms with E-state index in [4.69, 9.17) is 0 Å². The zero-order valence-corrected chi connectivity index (χ0v) is 14.6. The average molecular weight is 361 g/mol. The van der Waals surface area contributed by atoms with Crippen LogP contribution < -0.4 is 0 Å². The molecule has 1 aromatic rings. The fourth-order valence-corrected chi connectivity index (χ4v) is 6.20. The number of sulfone groups is 1. The van der Waals surface area contributed by atoms with E-state index in [2.05, 4.69) is 4.74 Å². The summed E-state index contributed by atoms with van der Waals surface area (Å²) in [4.78, 5) is 11.5. The van der Waals surface area contributed by atoms with E-state index in [9.17, 15) is 21.6 Å². The summed E-state index contributed by atoms with van der Waals surface area (Å²) in [6.07, 6.45) is 0.284. The van der Waals surface area contributed by atoms with Crippen molar-refractivity contribution in [2.24, 2.45) is 0 Å². The smallest absolute Gasteiger partial charge is 0.337 e. The van der Waals surface area contributed by atoms with Crippen LogP contribution in [0.2, 0.25) is 0 Å². The van der Waals surface area contributed by atoms with Crippen LogP contribution in [0, 0.1) is 0 Å². The maximum Gasteiger partial charge on any atom is 0.337 e. The van der Waals surface area contributed by atoms with Crippen molar-refractivity contribution in [3.63, 3.8) is 0 Å². The monoisotopic (exact) mass is 361 g/mol. The van der Waals surface area contributed by atoms with Gasteiger partial charge in [0.05, 0.1) is 29.1 Å². The molecule has 0 N–H and O–H groups in total. The van der Waals surface area contributed by atoms with Crippen molar-refractivity contribution in [1.82, 2.24) is 4.31 Å². The Balaban J connectivity index is 2.38. The molecule has 1 saturated heterocycles. The summed E-state index contributed by atoms with van der Waals surface area (Å²) < 4.78 is 54.6. The van der Waals surface area contributed by atoms with Gasteiger partial charge in [0.15, 0.2) is 9.84 Å². The molecule has 1 fully saturated rings. The maximum absolute atomic E-state index is 12.8. The number of rotatable bonds is 5. The van der Waals surface area contributed by atoms with Crippen LogP contribution >= 0.6 is 0 Å². The Hall–Kier alpha value is -1.45. The fraction of sp³-hybridized carbons (Fsp3) is 0.500. The van der Waals surface area contributed by atoms with Crippen molar-refractivity contribution >= 4 is 25.8 Å². The minimum atomic E-state index is -3.89. The molecular formula is C14H19NO6S2. The summed E-state index contributed by atoms with van der Waals surface area (Å²) in [6, 6.07) is 4.97. The van der Waals surface area contributed by atoms with E-state index in [-0.39, 0.29) is 34.9 Å². The molecule has 1 aromatic carbocycles. The molecule has 9 heteroatoms. The van der Waals surface area contributed by atoms with Gasteiger partial charge in [-0.15, -0.1) is 0 Å². The quantitative estimate of drug-likeness (QED) is 0.715. The Labute approximate surface area is 136 Å². The van der Waals surface area contributed by atoms with Crippen molar-refractivity contribution < 1.29 is 26.4 Å². The van der Waals surface area contributed by atoms with Crippen molar-refractivity contribution in [2.45, 2.75) is 24.3 Å². The molecule has 1 aliphatic rings. The minimum absolute atomic E-state index is 0.00805. The standard InChI is InChI=1S/C14H19NO6S2/c1-3-15(12-7-8-22(17,18)10-12)23(19,20)13-6-4-5-11(9-13)14(16)21-2/h4-6,9,12H,3,7-8,10H2,1-2H3/t12-/m0/s1. The van der Waals surface area contributed by atoms with E-state index in [0.29, 0.717) is 0 Å². The third kappa shape index (κ3) is 3.73. The van der Waals surface area contributed by atoms with Crippen LogP contribution in [0.15, 0.2) is 29.2 Å². The molecule has 1 aliphatic heterocycles. The number of sulfonamides is 1. The van der Waals surface area contributed by atoms with Gasteiger partial charge in [-0.25, -0.2) is 21.6 Å². The highest BCUT2D eigenvalue weighted by Gasteiger charge is 2.38. The topological polar surface area (TPSA) is 97.8 Å². The lowest BCUT2D eigenvalue weighted by Crippen LogP contribution is -2.40. The number of esters is 1. The molecule has 0 spiro atoms. The number of carbonyl (C=O) groups excluding carboxylic acids is 1. The number of nitrogens with zero attached hydrogens (tertiary/aromatic N) is 1. The van der Waals surface area contributed by atoms with E-state index in [0.717, 1.165) is 0 Å². The molecule has 1 heterocycles. The highest BCUT2D eigenvalue weighted by Crippen LogP contribution is 2.25. The summed E-state index contributed by atoms with van der Waals surface area (Å²) in [5.74, 6) is -0.809. The Morgan fingerprint density at radius 2 is 2.09 bits per heavy atom. The van der Waals surface area contributed by atoms with Gasteiger partial charge in [0.2, 0.25) is 10.0 Å². The Morgan fingerprint density at radius 3 is 2.61 bits per heavy atom. The minimum Gasteiger partial charge on any atom is -0.465 e. The predicted molar refractivity (Wildman–Crippen MR) is 84.4 cm³/mol. The maximum atomic E-state index is 12.8. The van der Waals surface area contributed by atoms with E-state index in [1.54, 1.807) is 6.92 Å². The number of methoxy groups -OCH3 is 1. The molecule has 7 nitrogen and oxygen atoms in total. The largest absolute Gasteiger partial charge is 0.465 e. The molecule has 0 aromatic heterocycles. The highest BCUT2D eigenvalue weighted by atomic mass is 32.2. The van der Waals surface area contributed by atoms with Crippen LogP contribution in [0.4, 0.5) is 0 Å². The first kappa shape index (κ1) is 17.9. The second-order valence-corrected chi connectivity index (χ2v) is 9.40. The summed E-state index contributed by atoms with van der Waals surface area (Å²) in [6.45, 7) is 1.82. The van der Waals surface area contributed by atoms with Crippen molar-refractivity contribution in [2.75, 3.05) is 25.2 Å². The van der Waals surface area contributed by atoms with Gasteiger partial charge in [-0.2, -0.15) is 4.31 Å². The van der Waals surface area contributed by atoms with Gasteiger partial charge >= 0.3 is 5.97 Å². The third-order valence-electron chi connectivity index (χ3n) is 3.79. The number of hydrogen-bond donors (Lipinski definition) is 0. The first-order chi connectivity index (χ1) is 10.7. The Bertz CT molecular complexity index is 800. The molecule has 23 heavy (non-hydrogen) atoms. The van der Waals surface area contributed by atoms with Gasteiger partial charge in [-0.3, -0.25) is 0 Å². The van der Waals surface area contributed by atoms with Gasteiger partial charge in [0, 0.05) is 12.6 Å². The second kappa shape index (κ2) is 6.58. The number of carbonyl (C=O) groups is 1. The number of hydrogen-bond acceptors (Lipinski definition) is 6. The van der Waals surface area contributed by atoms with Crippen LogP contribution in [0.25, 0.3) is 0 Å². The van der Waals surface area contributed by atoms with Crippen molar-refractivity contribution in [3.8, 4) is 0 Å². The molecule has 0 amide bonds. The first-order valence-corrected chi connectivity index (χ1v) is 10.4. The third-order valence-corrected chi connectivity index (χ3v) is 7.56. The Kier molecular flexibility index (Phi) is 5.12. The van der Waals surface area contributed by atoms with Crippen LogP contribution in [-0.2, 0) is 24.6 Å². The zero-order valence-electron chi connectivity index (χ0n) is 12.9. The molecular weight excluding hydrogens is 342 g/mol. The Morgan fingerprint density at radius 1 is 1.39 bits per heavy atom. The lowest BCUT2D eigenvalue weighted by Gasteiger charge is -2.26. The molecule has 0 bridgehead atoms. The van der Waals surface area contributed by atoms with Crippen molar-refractivity contribution in [3.05, 3.63) is 29.8 Å². The van der Waals surface area contributed by atoms with Crippen LogP contribution in [0.5, 0.6) is 0 Å². The normalized spacial score (nSPS) is 20.6. The van der Waals surface area contributed by atoms with Crippen LogP contribution in [0.1, 0.15) is 23.7 Å². The molecule has 2 rings (SSSR count).